The number of morpholine rings is 1. The number of anilines is 1. The van der Waals surface area contributed by atoms with Gasteiger partial charge in [-0.05, 0) is 12.1 Å². The summed E-state index contributed by atoms with van der Waals surface area (Å²) in [5.41, 5.74) is 3.56. The van der Waals surface area contributed by atoms with E-state index < -0.39 is 0 Å². The summed E-state index contributed by atoms with van der Waals surface area (Å²) in [4.78, 5) is 36.7. The fourth-order valence-electron chi connectivity index (χ4n) is 6.01. The second-order valence-electron chi connectivity index (χ2n) is 10.5. The number of fused-ring (bicyclic) bond motifs is 2. The molecule has 0 bridgehead atoms. The summed E-state index contributed by atoms with van der Waals surface area (Å²) >= 11 is 0. The van der Waals surface area contributed by atoms with E-state index in [2.05, 4.69) is 42.6 Å². The average Bonchev–Trinajstić information content (AvgIpc) is 3.48. The van der Waals surface area contributed by atoms with Crippen LogP contribution in [0.5, 0.6) is 0 Å². The lowest BCUT2D eigenvalue weighted by Gasteiger charge is -2.46. The number of carbonyl (C=O) groups excluding carboxylic acids is 1. The number of imidazole rings is 2. The highest BCUT2D eigenvalue weighted by Gasteiger charge is 2.38. The van der Waals surface area contributed by atoms with Gasteiger partial charge >= 0.3 is 0 Å². The molecule has 2 N–H and O–H groups in total. The lowest BCUT2D eigenvalue weighted by molar-refractivity contribution is -0.125. The van der Waals surface area contributed by atoms with Crippen LogP contribution in [0, 0.1) is 0 Å². The second kappa shape index (κ2) is 9.85. The van der Waals surface area contributed by atoms with Gasteiger partial charge in [0, 0.05) is 64.7 Å². The number of piperazine rings is 1. The fourth-order valence-corrected chi connectivity index (χ4v) is 6.01. The predicted octanol–water partition coefficient (Wildman–Crippen LogP) is 0.416. The molecule has 3 aromatic heterocycles. The molecular formula is C27H34N10O2. The number of hydrogen-bond acceptors (Lipinski definition) is 9. The number of ether oxygens (including phenoxy) is 1. The smallest absolute Gasteiger partial charge is 0.239 e. The highest BCUT2D eigenvalue weighted by molar-refractivity contribution is 5.86. The zero-order valence-corrected chi connectivity index (χ0v) is 22.4. The SMILES string of the molecule is CCc1nc2ccccc2n1-c1nc(N2CCOCC2)c2nc(CC3NCC3N3CCNC(=O)C3)n(C)c2n1. The number of aryl methyl sites for hydroxylation is 2. The van der Waals surface area contributed by atoms with Crippen LogP contribution in [0.4, 0.5) is 5.82 Å². The van der Waals surface area contributed by atoms with Crippen LogP contribution < -0.4 is 15.5 Å². The first kappa shape index (κ1) is 24.4. The zero-order valence-electron chi connectivity index (χ0n) is 22.4. The van der Waals surface area contributed by atoms with Gasteiger partial charge in [-0.1, -0.05) is 19.1 Å². The van der Waals surface area contributed by atoms with Gasteiger partial charge in [-0.2, -0.15) is 9.97 Å². The van der Waals surface area contributed by atoms with Crippen molar-refractivity contribution in [3.63, 3.8) is 0 Å². The molecule has 1 amide bonds. The number of rotatable bonds is 6. The predicted molar refractivity (Wildman–Crippen MR) is 147 cm³/mol. The topological polar surface area (TPSA) is 118 Å². The lowest BCUT2D eigenvalue weighted by atomic mass is 9.94. The quantitative estimate of drug-likeness (QED) is 0.366. The van der Waals surface area contributed by atoms with E-state index in [-0.39, 0.29) is 11.9 Å². The summed E-state index contributed by atoms with van der Waals surface area (Å²) < 4.78 is 9.83. The minimum atomic E-state index is 0.103. The monoisotopic (exact) mass is 530 g/mol. The largest absolute Gasteiger partial charge is 0.378 e. The number of nitrogens with zero attached hydrogens (tertiary/aromatic N) is 8. The normalized spacial score (nSPS) is 22.4. The number of aromatic nitrogens is 6. The van der Waals surface area contributed by atoms with Crippen molar-refractivity contribution in [2.45, 2.75) is 31.8 Å². The third-order valence-electron chi connectivity index (χ3n) is 8.23. The van der Waals surface area contributed by atoms with E-state index in [1.54, 1.807) is 0 Å². The third-order valence-corrected chi connectivity index (χ3v) is 8.23. The first-order valence-corrected chi connectivity index (χ1v) is 13.9. The number of benzene rings is 1. The van der Waals surface area contributed by atoms with E-state index in [9.17, 15) is 4.79 Å². The molecule has 6 heterocycles. The molecule has 0 saturated carbocycles. The maximum Gasteiger partial charge on any atom is 0.239 e. The van der Waals surface area contributed by atoms with Crippen molar-refractivity contribution in [1.82, 2.24) is 44.6 Å². The molecule has 2 atom stereocenters. The van der Waals surface area contributed by atoms with Crippen LogP contribution in [0.15, 0.2) is 24.3 Å². The van der Waals surface area contributed by atoms with E-state index in [1.165, 1.54) is 0 Å². The number of amides is 1. The molecule has 0 radical (unpaired) electrons. The van der Waals surface area contributed by atoms with Gasteiger partial charge in [-0.15, -0.1) is 0 Å². The van der Waals surface area contributed by atoms with Crippen LogP contribution in [0.2, 0.25) is 0 Å². The Bertz CT molecular complexity index is 1540. The van der Waals surface area contributed by atoms with Gasteiger partial charge < -0.3 is 24.8 Å². The Morgan fingerprint density at radius 1 is 1.05 bits per heavy atom. The van der Waals surface area contributed by atoms with Crippen LogP contribution >= 0.6 is 0 Å². The molecule has 7 rings (SSSR count). The van der Waals surface area contributed by atoms with Gasteiger partial charge in [-0.3, -0.25) is 14.3 Å². The van der Waals surface area contributed by atoms with Crippen molar-refractivity contribution in [3.8, 4) is 5.95 Å². The van der Waals surface area contributed by atoms with Crippen LogP contribution in [0.1, 0.15) is 18.6 Å². The minimum absolute atomic E-state index is 0.103. The molecule has 0 aliphatic carbocycles. The molecule has 1 aromatic carbocycles. The van der Waals surface area contributed by atoms with Crippen LogP contribution in [0.25, 0.3) is 28.1 Å². The summed E-state index contributed by atoms with van der Waals surface area (Å²) in [5.74, 6) is 3.44. The Kier molecular flexibility index (Phi) is 6.17. The van der Waals surface area contributed by atoms with Crippen LogP contribution in [0.3, 0.4) is 0 Å². The van der Waals surface area contributed by atoms with Gasteiger partial charge in [0.1, 0.15) is 11.6 Å². The number of carbonyl (C=O) groups is 1. The summed E-state index contributed by atoms with van der Waals surface area (Å²) in [6.45, 7) is 7.87. The maximum atomic E-state index is 12.0. The molecule has 3 aliphatic rings. The Morgan fingerprint density at radius 3 is 2.67 bits per heavy atom. The average molecular weight is 531 g/mol. The van der Waals surface area contributed by atoms with Crippen molar-refractivity contribution in [2.24, 2.45) is 7.05 Å². The van der Waals surface area contributed by atoms with Crippen molar-refractivity contribution in [3.05, 3.63) is 35.9 Å². The Morgan fingerprint density at radius 2 is 1.90 bits per heavy atom. The number of nitrogens with one attached hydrogen (secondary N) is 2. The molecule has 12 heteroatoms. The second-order valence-corrected chi connectivity index (χ2v) is 10.5. The van der Waals surface area contributed by atoms with Crippen molar-refractivity contribution in [1.29, 1.82) is 0 Å². The molecule has 0 spiro atoms. The molecule has 2 unspecified atom stereocenters. The van der Waals surface area contributed by atoms with Crippen molar-refractivity contribution >= 4 is 33.9 Å². The van der Waals surface area contributed by atoms with Gasteiger partial charge in [0.2, 0.25) is 11.9 Å². The molecule has 3 aliphatic heterocycles. The van der Waals surface area contributed by atoms with E-state index in [0.717, 1.165) is 78.7 Å². The van der Waals surface area contributed by atoms with Crippen molar-refractivity contribution in [2.75, 3.05) is 57.4 Å². The van der Waals surface area contributed by atoms with Gasteiger partial charge in [0.05, 0.1) is 30.8 Å². The maximum absolute atomic E-state index is 12.0. The van der Waals surface area contributed by atoms with E-state index in [0.29, 0.717) is 38.3 Å². The van der Waals surface area contributed by atoms with Gasteiger partial charge in [-0.25, -0.2) is 9.97 Å². The molecule has 39 heavy (non-hydrogen) atoms. The zero-order chi connectivity index (χ0) is 26.5. The molecule has 4 aromatic rings. The molecule has 3 saturated heterocycles. The highest BCUT2D eigenvalue weighted by atomic mass is 16.5. The summed E-state index contributed by atoms with van der Waals surface area (Å²) in [6.07, 6.45) is 1.52. The van der Waals surface area contributed by atoms with E-state index in [1.807, 2.05) is 25.2 Å². The standard InChI is InChI=1S/C27H34N10O2/c1-3-21-30-17-6-4-5-7-19(17)37(21)27-32-25-24(26(33-27)35-10-12-39-13-11-35)31-22(34(25)2)14-18-20(15-29-18)36-9-8-28-23(38)16-36/h4-7,18,20,29H,3,8-16H2,1-2H3,(H,28,38). The number of hydrogen-bond donors (Lipinski definition) is 2. The molecular weight excluding hydrogens is 496 g/mol. The molecule has 12 nitrogen and oxygen atoms in total. The first-order chi connectivity index (χ1) is 19.1. The van der Waals surface area contributed by atoms with Crippen molar-refractivity contribution < 1.29 is 9.53 Å². The first-order valence-electron chi connectivity index (χ1n) is 13.9. The van der Waals surface area contributed by atoms with Crippen LogP contribution in [-0.2, 0) is 29.4 Å². The Labute approximate surface area is 226 Å². The Hall–Kier alpha value is -3.61. The summed E-state index contributed by atoms with van der Waals surface area (Å²) in [6, 6.07) is 8.69. The summed E-state index contributed by atoms with van der Waals surface area (Å²) in [5, 5.41) is 6.50. The van der Waals surface area contributed by atoms with Gasteiger partial charge in [0.15, 0.2) is 17.0 Å². The van der Waals surface area contributed by atoms with Gasteiger partial charge in [0.25, 0.3) is 0 Å². The number of para-hydroxylation sites is 2. The molecule has 3 fully saturated rings. The fraction of sp³-hybridized carbons (Fsp3) is 0.519. The minimum Gasteiger partial charge on any atom is -0.378 e. The highest BCUT2D eigenvalue weighted by Crippen LogP contribution is 2.29. The van der Waals surface area contributed by atoms with Crippen LogP contribution in [-0.4, -0.2) is 104 Å². The summed E-state index contributed by atoms with van der Waals surface area (Å²) in [7, 11) is 2.04. The third kappa shape index (κ3) is 4.23. The van der Waals surface area contributed by atoms with E-state index >= 15 is 0 Å². The lowest BCUT2D eigenvalue weighted by Crippen LogP contribution is -2.68. The molecule has 204 valence electrons. The van der Waals surface area contributed by atoms with E-state index in [4.69, 9.17) is 24.7 Å². The Balaban J connectivity index is 1.30.